The lowest BCUT2D eigenvalue weighted by Gasteiger charge is -2.03. The second-order valence-electron chi connectivity index (χ2n) is 4.75. The molecular formula is C15H13N3O2S. The van der Waals surface area contributed by atoms with Crippen LogP contribution in [0.5, 0.6) is 0 Å². The molecule has 3 aromatic rings. The van der Waals surface area contributed by atoms with E-state index in [0.29, 0.717) is 15.9 Å². The first-order valence-corrected chi connectivity index (χ1v) is 7.20. The van der Waals surface area contributed by atoms with Gasteiger partial charge in [0, 0.05) is 11.4 Å². The van der Waals surface area contributed by atoms with Gasteiger partial charge in [-0.15, -0.1) is 0 Å². The number of benzene rings is 1. The molecule has 2 heterocycles. The molecule has 0 aliphatic heterocycles. The Bertz CT molecular complexity index is 881. The van der Waals surface area contributed by atoms with Crippen LogP contribution in [0.4, 0.5) is 10.5 Å². The number of hydrogen-bond donors (Lipinski definition) is 1. The van der Waals surface area contributed by atoms with Crippen LogP contribution in [0, 0.1) is 13.8 Å². The molecule has 0 atom stereocenters. The van der Waals surface area contributed by atoms with Crippen molar-refractivity contribution in [1.29, 1.82) is 0 Å². The highest BCUT2D eigenvalue weighted by molar-refractivity contribution is 7.14. The number of anilines is 1. The standard InChI is InChI=1S/C15H13N3O2S/c1-9-8-10(2)16-13-12(9)14(19)18(21-13)15(20)17-11-6-4-3-5-7-11/h3-8H,1-2H3,(H,17,20). The summed E-state index contributed by atoms with van der Waals surface area (Å²) in [6.45, 7) is 3.72. The van der Waals surface area contributed by atoms with Gasteiger partial charge in [-0.05, 0) is 49.1 Å². The van der Waals surface area contributed by atoms with E-state index in [0.717, 1.165) is 26.7 Å². The van der Waals surface area contributed by atoms with Gasteiger partial charge >= 0.3 is 6.03 Å². The number of aryl methyl sites for hydroxylation is 2. The molecular weight excluding hydrogens is 286 g/mol. The van der Waals surface area contributed by atoms with Gasteiger partial charge in [0.05, 0.1) is 5.39 Å². The molecule has 1 N–H and O–H groups in total. The summed E-state index contributed by atoms with van der Waals surface area (Å²) < 4.78 is 1.11. The summed E-state index contributed by atoms with van der Waals surface area (Å²) in [5.74, 6) is 0. The predicted molar refractivity (Wildman–Crippen MR) is 84.2 cm³/mol. The number of para-hydroxylation sites is 1. The van der Waals surface area contributed by atoms with E-state index in [1.165, 1.54) is 0 Å². The predicted octanol–water partition coefficient (Wildman–Crippen LogP) is 3.16. The Morgan fingerprint density at radius 2 is 1.95 bits per heavy atom. The number of carbonyl (C=O) groups excluding carboxylic acids is 1. The highest BCUT2D eigenvalue weighted by Crippen LogP contribution is 2.19. The van der Waals surface area contributed by atoms with E-state index in [-0.39, 0.29) is 5.56 Å². The third-order valence-corrected chi connectivity index (χ3v) is 4.08. The maximum absolute atomic E-state index is 12.4. The summed E-state index contributed by atoms with van der Waals surface area (Å²) in [7, 11) is 0. The molecule has 6 heteroatoms. The van der Waals surface area contributed by atoms with Gasteiger partial charge in [-0.1, -0.05) is 18.2 Å². The van der Waals surface area contributed by atoms with E-state index >= 15 is 0 Å². The van der Waals surface area contributed by atoms with Crippen LogP contribution >= 0.6 is 11.5 Å². The van der Waals surface area contributed by atoms with Gasteiger partial charge in [-0.25, -0.2) is 9.78 Å². The number of pyridine rings is 1. The fourth-order valence-electron chi connectivity index (χ4n) is 2.19. The number of nitrogens with zero attached hydrogens (tertiary/aromatic N) is 2. The minimum atomic E-state index is -0.466. The quantitative estimate of drug-likeness (QED) is 0.750. The van der Waals surface area contributed by atoms with Crippen LogP contribution in [0.25, 0.3) is 10.2 Å². The second-order valence-corrected chi connectivity index (χ2v) is 5.68. The van der Waals surface area contributed by atoms with Crippen molar-refractivity contribution in [1.82, 2.24) is 8.94 Å². The molecule has 5 nitrogen and oxygen atoms in total. The first-order valence-electron chi connectivity index (χ1n) is 6.43. The van der Waals surface area contributed by atoms with Gasteiger partial charge in [0.25, 0.3) is 5.56 Å². The van der Waals surface area contributed by atoms with Crippen molar-refractivity contribution in [2.24, 2.45) is 0 Å². The highest BCUT2D eigenvalue weighted by atomic mass is 32.1. The van der Waals surface area contributed by atoms with E-state index in [1.54, 1.807) is 12.1 Å². The maximum Gasteiger partial charge on any atom is 0.342 e. The van der Waals surface area contributed by atoms with Crippen molar-refractivity contribution in [2.75, 3.05) is 5.32 Å². The van der Waals surface area contributed by atoms with E-state index in [4.69, 9.17) is 0 Å². The number of carbonyl (C=O) groups is 1. The molecule has 0 saturated heterocycles. The molecule has 3 rings (SSSR count). The number of rotatable bonds is 1. The number of aromatic nitrogens is 2. The first-order chi connectivity index (χ1) is 10.1. The van der Waals surface area contributed by atoms with Crippen LogP contribution in [0.2, 0.25) is 0 Å². The zero-order chi connectivity index (χ0) is 15.0. The lowest BCUT2D eigenvalue weighted by molar-refractivity contribution is 0.255. The average molecular weight is 299 g/mol. The minimum absolute atomic E-state index is 0.326. The van der Waals surface area contributed by atoms with Crippen molar-refractivity contribution in [3.05, 3.63) is 58.0 Å². The summed E-state index contributed by atoms with van der Waals surface area (Å²) in [4.78, 5) is 29.5. The summed E-state index contributed by atoms with van der Waals surface area (Å²) in [5, 5.41) is 3.21. The Labute approximate surface area is 125 Å². The van der Waals surface area contributed by atoms with Crippen LogP contribution in [-0.4, -0.2) is 15.0 Å². The molecule has 0 fully saturated rings. The lowest BCUT2D eigenvalue weighted by atomic mass is 10.2. The first kappa shape index (κ1) is 13.5. The Morgan fingerprint density at radius 1 is 1.24 bits per heavy atom. The fraction of sp³-hybridized carbons (Fsp3) is 0.133. The molecule has 0 aliphatic rings. The normalized spacial score (nSPS) is 10.8. The van der Waals surface area contributed by atoms with Crippen molar-refractivity contribution in [2.45, 2.75) is 13.8 Å². The van der Waals surface area contributed by atoms with E-state index in [1.807, 2.05) is 38.1 Å². The minimum Gasteiger partial charge on any atom is -0.306 e. The Morgan fingerprint density at radius 3 is 2.67 bits per heavy atom. The molecule has 0 spiro atoms. The van der Waals surface area contributed by atoms with Crippen molar-refractivity contribution >= 4 is 33.5 Å². The molecule has 2 aromatic heterocycles. The lowest BCUT2D eigenvalue weighted by Crippen LogP contribution is -2.26. The second kappa shape index (κ2) is 5.14. The number of fused-ring (bicyclic) bond motifs is 1. The monoisotopic (exact) mass is 299 g/mol. The van der Waals surface area contributed by atoms with Crippen molar-refractivity contribution in [3.8, 4) is 0 Å². The zero-order valence-electron chi connectivity index (χ0n) is 11.6. The topological polar surface area (TPSA) is 64.0 Å². The average Bonchev–Trinajstić information content (AvgIpc) is 2.77. The third-order valence-electron chi connectivity index (χ3n) is 3.10. The third kappa shape index (κ3) is 2.45. The zero-order valence-corrected chi connectivity index (χ0v) is 12.4. The molecule has 0 bridgehead atoms. The van der Waals surface area contributed by atoms with Crippen LogP contribution in [0.15, 0.2) is 41.2 Å². The van der Waals surface area contributed by atoms with E-state index in [9.17, 15) is 9.59 Å². The van der Waals surface area contributed by atoms with Crippen molar-refractivity contribution < 1.29 is 4.79 Å². The van der Waals surface area contributed by atoms with Crippen LogP contribution in [0.3, 0.4) is 0 Å². The number of hydrogen-bond acceptors (Lipinski definition) is 4. The van der Waals surface area contributed by atoms with Gasteiger partial charge in [-0.3, -0.25) is 4.79 Å². The molecule has 21 heavy (non-hydrogen) atoms. The molecule has 0 unspecified atom stereocenters. The summed E-state index contributed by atoms with van der Waals surface area (Å²) in [5.41, 5.74) is 1.99. The molecule has 0 saturated carbocycles. The molecule has 1 amide bonds. The molecule has 1 aromatic carbocycles. The van der Waals surface area contributed by atoms with Crippen LogP contribution in [0.1, 0.15) is 11.3 Å². The van der Waals surface area contributed by atoms with Gasteiger partial charge in [-0.2, -0.15) is 3.96 Å². The smallest absolute Gasteiger partial charge is 0.306 e. The molecule has 0 radical (unpaired) electrons. The largest absolute Gasteiger partial charge is 0.342 e. The van der Waals surface area contributed by atoms with Crippen LogP contribution in [-0.2, 0) is 0 Å². The highest BCUT2D eigenvalue weighted by Gasteiger charge is 2.16. The fourth-order valence-corrected chi connectivity index (χ4v) is 3.19. The van der Waals surface area contributed by atoms with E-state index in [2.05, 4.69) is 10.3 Å². The van der Waals surface area contributed by atoms with E-state index < -0.39 is 6.03 Å². The molecule has 106 valence electrons. The summed E-state index contributed by atoms with van der Waals surface area (Å²) in [6.07, 6.45) is 0. The van der Waals surface area contributed by atoms with Gasteiger partial charge in [0.15, 0.2) is 0 Å². The maximum atomic E-state index is 12.4. The SMILES string of the molecule is Cc1cc(C)c2c(=O)n(C(=O)Nc3ccccc3)sc2n1. The van der Waals surface area contributed by atoms with Gasteiger partial charge in [0.2, 0.25) is 0 Å². The number of amides is 1. The molecule has 0 aliphatic carbocycles. The van der Waals surface area contributed by atoms with Gasteiger partial charge in [0.1, 0.15) is 4.83 Å². The van der Waals surface area contributed by atoms with Gasteiger partial charge < -0.3 is 5.32 Å². The Kier molecular flexibility index (Phi) is 3.31. The number of nitrogens with one attached hydrogen (secondary N) is 1. The van der Waals surface area contributed by atoms with Crippen LogP contribution < -0.4 is 10.9 Å². The summed E-state index contributed by atoms with van der Waals surface area (Å²) in [6, 6.07) is 10.4. The van der Waals surface area contributed by atoms with Crippen molar-refractivity contribution in [3.63, 3.8) is 0 Å². The summed E-state index contributed by atoms with van der Waals surface area (Å²) >= 11 is 1.06. The Hall–Kier alpha value is -2.47. The Balaban J connectivity index is 2.05.